The van der Waals surface area contributed by atoms with E-state index in [1.165, 1.54) is 0 Å². The minimum Gasteiger partial charge on any atom is -0.396 e. The molecule has 2 nitrogen and oxygen atoms in total. The van der Waals surface area contributed by atoms with Crippen LogP contribution in [0.4, 0.5) is 0 Å². The van der Waals surface area contributed by atoms with E-state index in [0.29, 0.717) is 6.42 Å². The van der Waals surface area contributed by atoms with E-state index in [4.69, 9.17) is 5.11 Å². The summed E-state index contributed by atoms with van der Waals surface area (Å²) in [5.41, 5.74) is 0.0981. The average molecular weight is 264 g/mol. The first kappa shape index (κ1) is 11.1. The molecular formula is C9H14BrNOS. The van der Waals surface area contributed by atoms with Crippen molar-refractivity contribution in [2.24, 2.45) is 0 Å². The number of hydrogen-bond donors (Lipinski definition) is 1. The molecule has 0 saturated carbocycles. The highest BCUT2D eigenvalue weighted by atomic mass is 79.9. The van der Waals surface area contributed by atoms with Gasteiger partial charge in [0.15, 0.2) is 0 Å². The molecule has 0 spiro atoms. The van der Waals surface area contributed by atoms with E-state index < -0.39 is 0 Å². The first-order valence-corrected chi connectivity index (χ1v) is 5.82. The lowest BCUT2D eigenvalue weighted by Crippen LogP contribution is -2.09. The summed E-state index contributed by atoms with van der Waals surface area (Å²) in [6.45, 7) is 6.60. The van der Waals surface area contributed by atoms with Gasteiger partial charge in [-0.05, 0) is 15.9 Å². The van der Waals surface area contributed by atoms with Crippen LogP contribution in [0.25, 0.3) is 0 Å². The second-order valence-corrected chi connectivity index (χ2v) is 5.79. The van der Waals surface area contributed by atoms with Gasteiger partial charge in [-0.3, -0.25) is 0 Å². The first-order valence-electron chi connectivity index (χ1n) is 4.21. The highest BCUT2D eigenvalue weighted by Gasteiger charge is 2.20. The molecule has 4 heteroatoms. The first-order chi connectivity index (χ1) is 5.95. The molecule has 0 atom stereocenters. The van der Waals surface area contributed by atoms with E-state index in [1.54, 1.807) is 11.3 Å². The van der Waals surface area contributed by atoms with E-state index in [0.717, 1.165) is 14.5 Å². The van der Waals surface area contributed by atoms with Crippen molar-refractivity contribution in [3.63, 3.8) is 0 Å². The molecule has 0 aliphatic rings. The van der Waals surface area contributed by atoms with Gasteiger partial charge in [0, 0.05) is 23.3 Å². The van der Waals surface area contributed by atoms with Crippen molar-refractivity contribution in [1.29, 1.82) is 0 Å². The smallest absolute Gasteiger partial charge is 0.120 e. The lowest BCUT2D eigenvalue weighted by molar-refractivity contribution is 0.300. The standard InChI is InChI=1S/C9H14BrNOS/c1-9(2,3)8-11-7(10)6(13-8)4-5-12/h12H,4-5H2,1-3H3. The molecule has 0 fully saturated rings. The number of rotatable bonds is 2. The lowest BCUT2D eigenvalue weighted by Gasteiger charge is -2.13. The fourth-order valence-corrected chi connectivity index (χ4v) is 2.65. The Labute approximate surface area is 91.1 Å². The number of halogens is 1. The van der Waals surface area contributed by atoms with Crippen LogP contribution >= 0.6 is 27.3 Å². The Morgan fingerprint density at radius 1 is 1.46 bits per heavy atom. The van der Waals surface area contributed by atoms with Crippen LogP contribution in [0.3, 0.4) is 0 Å². The molecule has 74 valence electrons. The zero-order chi connectivity index (χ0) is 10.1. The Bertz CT molecular complexity index is 290. The van der Waals surface area contributed by atoms with Crippen LogP contribution in [0.1, 0.15) is 30.7 Å². The molecule has 1 heterocycles. The molecule has 0 radical (unpaired) electrons. The second-order valence-electron chi connectivity index (χ2n) is 3.96. The fourth-order valence-electron chi connectivity index (χ4n) is 0.910. The van der Waals surface area contributed by atoms with E-state index >= 15 is 0 Å². The third-order valence-electron chi connectivity index (χ3n) is 1.63. The van der Waals surface area contributed by atoms with Crippen LogP contribution in [0.15, 0.2) is 4.60 Å². The van der Waals surface area contributed by atoms with Crippen LogP contribution in [0.2, 0.25) is 0 Å². The number of hydrogen-bond acceptors (Lipinski definition) is 3. The molecule has 0 saturated heterocycles. The lowest BCUT2D eigenvalue weighted by atomic mass is 9.98. The van der Waals surface area contributed by atoms with Crippen molar-refractivity contribution in [1.82, 2.24) is 4.98 Å². The number of aliphatic hydroxyl groups excluding tert-OH is 1. The van der Waals surface area contributed by atoms with Gasteiger partial charge in [0.2, 0.25) is 0 Å². The maximum atomic E-state index is 8.81. The molecular weight excluding hydrogens is 250 g/mol. The maximum absolute atomic E-state index is 8.81. The molecule has 1 aromatic heterocycles. The summed E-state index contributed by atoms with van der Waals surface area (Å²) in [5.74, 6) is 0. The van der Waals surface area contributed by atoms with E-state index in [-0.39, 0.29) is 12.0 Å². The van der Waals surface area contributed by atoms with Crippen molar-refractivity contribution in [2.75, 3.05) is 6.61 Å². The van der Waals surface area contributed by atoms with Gasteiger partial charge in [-0.25, -0.2) is 4.98 Å². The molecule has 0 bridgehead atoms. The molecule has 0 aromatic carbocycles. The third-order valence-corrected chi connectivity index (χ3v) is 4.09. The molecule has 1 aromatic rings. The summed E-state index contributed by atoms with van der Waals surface area (Å²) in [5, 5.41) is 9.93. The Morgan fingerprint density at radius 2 is 2.08 bits per heavy atom. The van der Waals surface area contributed by atoms with Crippen LogP contribution in [-0.2, 0) is 11.8 Å². The average Bonchev–Trinajstić information content (AvgIpc) is 2.32. The van der Waals surface area contributed by atoms with Crippen LogP contribution in [0, 0.1) is 0 Å². The van der Waals surface area contributed by atoms with Gasteiger partial charge >= 0.3 is 0 Å². The predicted molar refractivity (Wildman–Crippen MR) is 59.3 cm³/mol. The maximum Gasteiger partial charge on any atom is 0.120 e. The van der Waals surface area contributed by atoms with Gasteiger partial charge in [-0.15, -0.1) is 11.3 Å². The third kappa shape index (κ3) is 2.76. The van der Waals surface area contributed by atoms with E-state index in [9.17, 15) is 0 Å². The largest absolute Gasteiger partial charge is 0.396 e. The Balaban J connectivity index is 2.95. The fraction of sp³-hybridized carbons (Fsp3) is 0.667. The molecule has 0 aliphatic carbocycles. The minimum absolute atomic E-state index is 0.0981. The van der Waals surface area contributed by atoms with Gasteiger partial charge in [0.05, 0.1) is 5.01 Å². The van der Waals surface area contributed by atoms with Crippen molar-refractivity contribution >= 4 is 27.3 Å². The van der Waals surface area contributed by atoms with Crippen molar-refractivity contribution < 1.29 is 5.11 Å². The Kier molecular flexibility index (Phi) is 3.49. The molecule has 0 amide bonds. The van der Waals surface area contributed by atoms with Crippen LogP contribution in [0.5, 0.6) is 0 Å². The Hall–Kier alpha value is 0.0700. The van der Waals surface area contributed by atoms with Crippen molar-refractivity contribution in [3.05, 3.63) is 14.5 Å². The highest BCUT2D eigenvalue weighted by molar-refractivity contribution is 9.10. The van der Waals surface area contributed by atoms with Crippen LogP contribution in [-0.4, -0.2) is 16.7 Å². The van der Waals surface area contributed by atoms with Crippen molar-refractivity contribution in [2.45, 2.75) is 32.6 Å². The number of thiazole rings is 1. The van der Waals surface area contributed by atoms with E-state index in [2.05, 4.69) is 41.7 Å². The molecule has 1 rings (SSSR count). The topological polar surface area (TPSA) is 33.1 Å². The molecule has 0 aliphatic heterocycles. The number of aromatic nitrogens is 1. The van der Waals surface area contributed by atoms with Crippen LogP contribution < -0.4 is 0 Å². The van der Waals surface area contributed by atoms with Gasteiger partial charge in [0.1, 0.15) is 4.60 Å². The van der Waals surface area contributed by atoms with Gasteiger partial charge in [-0.1, -0.05) is 20.8 Å². The van der Waals surface area contributed by atoms with Crippen molar-refractivity contribution in [3.8, 4) is 0 Å². The SMILES string of the molecule is CC(C)(C)c1nc(Br)c(CCO)s1. The second kappa shape index (κ2) is 4.07. The Morgan fingerprint density at radius 3 is 2.46 bits per heavy atom. The summed E-state index contributed by atoms with van der Waals surface area (Å²) in [6.07, 6.45) is 0.689. The minimum atomic E-state index is 0.0981. The molecule has 13 heavy (non-hydrogen) atoms. The summed E-state index contributed by atoms with van der Waals surface area (Å²) >= 11 is 5.07. The monoisotopic (exact) mass is 263 g/mol. The quantitative estimate of drug-likeness (QED) is 0.891. The number of aliphatic hydroxyl groups is 1. The summed E-state index contributed by atoms with van der Waals surface area (Å²) < 4.78 is 0.886. The van der Waals surface area contributed by atoms with Gasteiger partial charge in [-0.2, -0.15) is 0 Å². The summed E-state index contributed by atoms with van der Waals surface area (Å²) in [7, 11) is 0. The highest BCUT2D eigenvalue weighted by Crippen LogP contribution is 2.31. The molecule has 1 N–H and O–H groups in total. The normalized spacial score (nSPS) is 12.1. The predicted octanol–water partition coefficient (Wildman–Crippen LogP) is 2.74. The number of nitrogens with zero attached hydrogens (tertiary/aromatic N) is 1. The zero-order valence-electron chi connectivity index (χ0n) is 8.09. The van der Waals surface area contributed by atoms with Gasteiger partial charge in [0.25, 0.3) is 0 Å². The zero-order valence-corrected chi connectivity index (χ0v) is 10.5. The summed E-state index contributed by atoms with van der Waals surface area (Å²) in [4.78, 5) is 5.56. The molecule has 0 unspecified atom stereocenters. The van der Waals surface area contributed by atoms with E-state index in [1.807, 2.05) is 0 Å². The van der Waals surface area contributed by atoms with Gasteiger partial charge < -0.3 is 5.11 Å². The summed E-state index contributed by atoms with van der Waals surface area (Å²) in [6, 6.07) is 0.